The molecule has 0 saturated carbocycles. The standard InChI is InChI=1S/C22H15Cl2N3O4/c23-16-6-4-15(5-7-16)22(30)31-19-3-1-2-14(12-19)13-25-27-21(29)20(28)26-18-10-8-17(24)9-11-18/h1-13H,(H,26,28)(H,27,29)/b25-13+. The second kappa shape index (κ2) is 10.4. The Morgan fingerprint density at radius 3 is 2.16 bits per heavy atom. The van der Waals surface area contributed by atoms with Gasteiger partial charge < -0.3 is 10.1 Å². The normalized spacial score (nSPS) is 10.5. The van der Waals surface area contributed by atoms with Gasteiger partial charge in [-0.3, -0.25) is 9.59 Å². The maximum atomic E-state index is 12.2. The SMILES string of the molecule is O=C(N/N=C/c1cccc(OC(=O)c2ccc(Cl)cc2)c1)C(=O)Nc1ccc(Cl)cc1. The third-order valence-electron chi connectivity index (χ3n) is 3.84. The Morgan fingerprint density at radius 1 is 0.839 bits per heavy atom. The molecule has 0 fully saturated rings. The second-order valence-corrected chi connectivity index (χ2v) is 7.00. The number of hydrogen-bond donors (Lipinski definition) is 2. The molecule has 3 aromatic carbocycles. The monoisotopic (exact) mass is 455 g/mol. The van der Waals surface area contributed by atoms with Crippen LogP contribution in [0.15, 0.2) is 77.9 Å². The molecule has 7 nitrogen and oxygen atoms in total. The highest BCUT2D eigenvalue weighted by molar-refractivity contribution is 6.39. The Hall–Kier alpha value is -3.68. The van der Waals surface area contributed by atoms with Gasteiger partial charge in [0.05, 0.1) is 11.8 Å². The molecule has 2 amide bonds. The number of esters is 1. The van der Waals surface area contributed by atoms with E-state index < -0.39 is 17.8 Å². The fourth-order valence-electron chi connectivity index (χ4n) is 2.35. The lowest BCUT2D eigenvalue weighted by molar-refractivity contribution is -0.136. The number of nitrogens with one attached hydrogen (secondary N) is 2. The van der Waals surface area contributed by atoms with E-state index in [2.05, 4.69) is 15.8 Å². The maximum Gasteiger partial charge on any atom is 0.343 e. The molecule has 0 spiro atoms. The van der Waals surface area contributed by atoms with Crippen molar-refractivity contribution in [2.45, 2.75) is 0 Å². The van der Waals surface area contributed by atoms with Crippen LogP contribution < -0.4 is 15.5 Å². The molecule has 3 aromatic rings. The molecule has 0 bridgehead atoms. The fourth-order valence-corrected chi connectivity index (χ4v) is 2.60. The molecule has 0 radical (unpaired) electrons. The largest absolute Gasteiger partial charge is 0.423 e. The van der Waals surface area contributed by atoms with Gasteiger partial charge in [0.2, 0.25) is 0 Å². The number of amides is 2. The third kappa shape index (κ3) is 6.67. The molecule has 0 unspecified atom stereocenters. The number of halogens is 2. The van der Waals surface area contributed by atoms with Gasteiger partial charge in [-0.2, -0.15) is 5.10 Å². The van der Waals surface area contributed by atoms with Gasteiger partial charge in [0.25, 0.3) is 0 Å². The summed E-state index contributed by atoms with van der Waals surface area (Å²) < 4.78 is 5.32. The lowest BCUT2D eigenvalue weighted by Crippen LogP contribution is -2.32. The topological polar surface area (TPSA) is 96.9 Å². The quantitative estimate of drug-likeness (QED) is 0.197. The van der Waals surface area contributed by atoms with Crippen molar-refractivity contribution in [2.75, 3.05) is 5.32 Å². The van der Waals surface area contributed by atoms with Crippen molar-refractivity contribution >= 4 is 52.9 Å². The van der Waals surface area contributed by atoms with E-state index in [-0.39, 0.29) is 5.75 Å². The first kappa shape index (κ1) is 22.0. The van der Waals surface area contributed by atoms with E-state index in [0.717, 1.165) is 0 Å². The van der Waals surface area contributed by atoms with Crippen LogP contribution in [0.4, 0.5) is 5.69 Å². The lowest BCUT2D eigenvalue weighted by atomic mass is 10.2. The number of hydrazone groups is 1. The molecule has 9 heteroatoms. The van der Waals surface area contributed by atoms with Gasteiger partial charge in [-0.25, -0.2) is 10.2 Å². The van der Waals surface area contributed by atoms with Crippen LogP contribution in [0.3, 0.4) is 0 Å². The Kier molecular flexibility index (Phi) is 7.37. The molecular formula is C22H15Cl2N3O4. The smallest absolute Gasteiger partial charge is 0.343 e. The predicted octanol–water partition coefficient (Wildman–Crippen LogP) is 4.30. The number of anilines is 1. The Balaban J connectivity index is 1.55. The summed E-state index contributed by atoms with van der Waals surface area (Å²) in [5, 5.41) is 7.18. The van der Waals surface area contributed by atoms with Gasteiger partial charge in [0.1, 0.15) is 5.75 Å². The summed E-state index contributed by atoms with van der Waals surface area (Å²) in [6.45, 7) is 0. The van der Waals surface area contributed by atoms with Crippen LogP contribution in [0.25, 0.3) is 0 Å². The Bertz CT molecular complexity index is 1130. The highest BCUT2D eigenvalue weighted by atomic mass is 35.5. The third-order valence-corrected chi connectivity index (χ3v) is 4.34. The zero-order chi connectivity index (χ0) is 22.2. The first-order chi connectivity index (χ1) is 14.9. The molecule has 0 aliphatic carbocycles. The van der Waals surface area contributed by atoms with Crippen molar-refractivity contribution in [3.05, 3.63) is 94.0 Å². The zero-order valence-electron chi connectivity index (χ0n) is 15.8. The highest BCUT2D eigenvalue weighted by Gasteiger charge is 2.13. The van der Waals surface area contributed by atoms with Crippen LogP contribution >= 0.6 is 23.2 Å². The van der Waals surface area contributed by atoms with Crippen molar-refractivity contribution in [2.24, 2.45) is 5.10 Å². The molecule has 31 heavy (non-hydrogen) atoms. The van der Waals surface area contributed by atoms with Crippen LogP contribution in [0, 0.1) is 0 Å². The van der Waals surface area contributed by atoms with E-state index in [1.165, 1.54) is 6.21 Å². The number of hydrogen-bond acceptors (Lipinski definition) is 5. The predicted molar refractivity (Wildman–Crippen MR) is 119 cm³/mol. The van der Waals surface area contributed by atoms with Gasteiger partial charge in [-0.05, 0) is 66.2 Å². The Labute approximate surface area is 187 Å². The lowest BCUT2D eigenvalue weighted by Gasteiger charge is -2.05. The van der Waals surface area contributed by atoms with Crippen LogP contribution in [-0.4, -0.2) is 24.0 Å². The van der Waals surface area contributed by atoms with Crippen LogP contribution in [0.1, 0.15) is 15.9 Å². The first-order valence-electron chi connectivity index (χ1n) is 8.88. The summed E-state index contributed by atoms with van der Waals surface area (Å²) >= 11 is 11.6. The van der Waals surface area contributed by atoms with Gasteiger partial charge in [-0.15, -0.1) is 0 Å². The van der Waals surface area contributed by atoms with Crippen LogP contribution in [0.2, 0.25) is 10.0 Å². The summed E-state index contributed by atoms with van der Waals surface area (Å²) in [6.07, 6.45) is 1.31. The van der Waals surface area contributed by atoms with E-state index in [4.69, 9.17) is 27.9 Å². The number of rotatable bonds is 5. The molecular weight excluding hydrogens is 441 g/mol. The minimum Gasteiger partial charge on any atom is -0.423 e. The molecule has 0 aromatic heterocycles. The highest BCUT2D eigenvalue weighted by Crippen LogP contribution is 2.16. The number of carbonyl (C=O) groups excluding carboxylic acids is 3. The van der Waals surface area contributed by atoms with E-state index in [0.29, 0.717) is 26.9 Å². The number of nitrogens with zero attached hydrogens (tertiary/aromatic N) is 1. The molecule has 0 aliphatic rings. The van der Waals surface area contributed by atoms with Crippen molar-refractivity contribution in [3.8, 4) is 5.75 Å². The summed E-state index contributed by atoms with van der Waals surface area (Å²) in [5.41, 5.74) is 3.44. The molecule has 0 aliphatic heterocycles. The number of ether oxygens (including phenoxy) is 1. The number of benzene rings is 3. The van der Waals surface area contributed by atoms with Crippen LogP contribution in [0.5, 0.6) is 5.75 Å². The average molecular weight is 456 g/mol. The summed E-state index contributed by atoms with van der Waals surface area (Å²) in [4.78, 5) is 35.9. The van der Waals surface area contributed by atoms with Gasteiger partial charge in [0.15, 0.2) is 0 Å². The summed E-state index contributed by atoms with van der Waals surface area (Å²) in [6, 6.07) is 19.1. The minimum absolute atomic E-state index is 0.288. The van der Waals surface area contributed by atoms with E-state index in [9.17, 15) is 14.4 Å². The zero-order valence-corrected chi connectivity index (χ0v) is 17.4. The van der Waals surface area contributed by atoms with Crippen LogP contribution in [-0.2, 0) is 9.59 Å². The minimum atomic E-state index is -0.948. The van der Waals surface area contributed by atoms with E-state index in [1.807, 2.05) is 0 Å². The molecule has 0 saturated heterocycles. The molecule has 0 atom stereocenters. The van der Waals surface area contributed by atoms with Crippen molar-refractivity contribution in [3.63, 3.8) is 0 Å². The van der Waals surface area contributed by atoms with E-state index >= 15 is 0 Å². The fraction of sp³-hybridized carbons (Fsp3) is 0. The van der Waals surface area contributed by atoms with Gasteiger partial charge in [-0.1, -0.05) is 35.3 Å². The Morgan fingerprint density at radius 2 is 1.48 bits per heavy atom. The van der Waals surface area contributed by atoms with Crippen molar-refractivity contribution < 1.29 is 19.1 Å². The second-order valence-electron chi connectivity index (χ2n) is 6.13. The number of carbonyl (C=O) groups is 3. The van der Waals surface area contributed by atoms with Gasteiger partial charge in [0, 0.05) is 15.7 Å². The first-order valence-corrected chi connectivity index (χ1v) is 9.64. The molecule has 156 valence electrons. The van der Waals surface area contributed by atoms with Gasteiger partial charge >= 0.3 is 17.8 Å². The van der Waals surface area contributed by atoms with Crippen molar-refractivity contribution in [1.29, 1.82) is 0 Å². The molecule has 2 N–H and O–H groups in total. The maximum absolute atomic E-state index is 12.2. The van der Waals surface area contributed by atoms with Crippen molar-refractivity contribution in [1.82, 2.24) is 5.43 Å². The molecule has 0 heterocycles. The average Bonchev–Trinajstić information content (AvgIpc) is 2.76. The summed E-state index contributed by atoms with van der Waals surface area (Å²) in [5.74, 6) is -2.09. The van der Waals surface area contributed by atoms with E-state index in [1.54, 1.807) is 72.8 Å². The summed E-state index contributed by atoms with van der Waals surface area (Å²) in [7, 11) is 0. The molecule has 3 rings (SSSR count).